The van der Waals surface area contributed by atoms with Crippen LogP contribution < -0.4 is 21.9 Å². The summed E-state index contributed by atoms with van der Waals surface area (Å²) in [5.74, 6) is -1.55. The number of nitrogens with zero attached hydrogens (tertiary/aromatic N) is 5. The number of carbonyl (C=O) groups is 1. The van der Waals surface area contributed by atoms with Crippen LogP contribution >= 0.6 is 11.6 Å². The number of pyridine rings is 1. The Kier molecular flexibility index (Phi) is 8.53. The number of halogens is 4. The number of nitrogens with two attached hydrogens (primary N) is 1. The van der Waals surface area contributed by atoms with Crippen molar-refractivity contribution >= 4 is 28.9 Å². The lowest BCUT2D eigenvalue weighted by Gasteiger charge is -2.22. The lowest BCUT2D eigenvalue weighted by atomic mass is 9.97. The van der Waals surface area contributed by atoms with Crippen LogP contribution in [0.3, 0.4) is 0 Å². The van der Waals surface area contributed by atoms with Crippen molar-refractivity contribution in [3.8, 4) is 22.5 Å². The van der Waals surface area contributed by atoms with Gasteiger partial charge in [0.25, 0.3) is 5.56 Å². The molecule has 1 amide bonds. The first-order valence-corrected chi connectivity index (χ1v) is 13.8. The maximum atomic E-state index is 15.2. The smallest absolute Gasteiger partial charge is 0.333 e. The molecule has 2 bridgehead atoms. The van der Waals surface area contributed by atoms with Crippen LogP contribution in [0.4, 0.5) is 24.5 Å². The minimum atomic E-state index is -2.96. The summed E-state index contributed by atoms with van der Waals surface area (Å²) in [5, 5.41) is 9.26. The van der Waals surface area contributed by atoms with Crippen LogP contribution in [0, 0.1) is 11.7 Å². The predicted molar refractivity (Wildman–Crippen MR) is 157 cm³/mol. The highest BCUT2D eigenvalue weighted by Crippen LogP contribution is 2.36. The fourth-order valence-electron chi connectivity index (χ4n) is 4.99. The van der Waals surface area contributed by atoms with Gasteiger partial charge in [0, 0.05) is 35.6 Å². The van der Waals surface area contributed by atoms with Gasteiger partial charge in [-0.2, -0.15) is 13.9 Å². The van der Waals surface area contributed by atoms with Crippen LogP contribution in [-0.4, -0.2) is 30.2 Å². The highest BCUT2D eigenvalue weighted by Gasteiger charge is 2.26. The Balaban J connectivity index is 1.62. The van der Waals surface area contributed by atoms with Gasteiger partial charge in [-0.3, -0.25) is 19.1 Å². The molecule has 3 aromatic heterocycles. The molecular weight excluding hydrogens is 585 g/mol. The zero-order valence-corrected chi connectivity index (χ0v) is 23.9. The molecule has 0 fully saturated rings. The van der Waals surface area contributed by atoms with Crippen LogP contribution in [-0.2, 0) is 4.79 Å². The summed E-state index contributed by atoms with van der Waals surface area (Å²) in [6, 6.07) is 6.56. The largest absolute Gasteiger partial charge is 0.401 e. The van der Waals surface area contributed by atoms with E-state index in [1.165, 1.54) is 47.7 Å². The summed E-state index contributed by atoms with van der Waals surface area (Å²) < 4.78 is 44.9. The topological polar surface area (TPSA) is 133 Å². The Morgan fingerprint density at radius 3 is 2.72 bits per heavy atom. The molecule has 4 heterocycles. The van der Waals surface area contributed by atoms with Crippen molar-refractivity contribution in [3.05, 3.63) is 87.8 Å². The first-order chi connectivity index (χ1) is 20.5. The predicted octanol–water partition coefficient (Wildman–Crippen LogP) is 5.94. The first kappa shape index (κ1) is 29.8. The minimum Gasteiger partial charge on any atom is -0.401 e. The summed E-state index contributed by atoms with van der Waals surface area (Å²) in [6.45, 7) is 0.424. The quantitative estimate of drug-likeness (QED) is 0.254. The van der Waals surface area contributed by atoms with Gasteiger partial charge >= 0.3 is 6.55 Å². The molecule has 1 aliphatic rings. The van der Waals surface area contributed by atoms with Crippen molar-refractivity contribution < 1.29 is 18.0 Å². The van der Waals surface area contributed by atoms with Crippen molar-refractivity contribution in [3.63, 3.8) is 0 Å². The Morgan fingerprint density at radius 1 is 1.21 bits per heavy atom. The number of anilines is 2. The Bertz CT molecular complexity index is 1770. The van der Waals surface area contributed by atoms with E-state index >= 15 is 4.39 Å². The van der Waals surface area contributed by atoms with E-state index in [4.69, 9.17) is 17.3 Å². The maximum Gasteiger partial charge on any atom is 0.333 e. The standard InChI is InChI=1S/C29H28ClF3N8O2/c1-15-4-3-5-23(20-10-17(8-9-35-20)27-22(39-28(15)43)13-38-41(27)29(32)33)40-14-37-21(11-24(40)42)25-19(36-12-16(2)34)7-6-18(30)26(25)31/h6-15,23,29,36H,3-5,34H2,1-2H3,(H,39,43)/b16-12-. The van der Waals surface area contributed by atoms with Crippen molar-refractivity contribution in [1.29, 1.82) is 0 Å². The molecular formula is C29H28ClF3N8O2. The molecule has 2 atom stereocenters. The molecule has 0 saturated heterocycles. The van der Waals surface area contributed by atoms with Crippen molar-refractivity contribution in [2.45, 2.75) is 45.7 Å². The molecule has 4 N–H and O–H groups in total. The van der Waals surface area contributed by atoms with Gasteiger partial charge in [0.05, 0.1) is 57.6 Å². The Morgan fingerprint density at radius 2 is 2.00 bits per heavy atom. The lowest BCUT2D eigenvalue weighted by Crippen LogP contribution is -2.27. The van der Waals surface area contributed by atoms with Crippen LogP contribution in [0.25, 0.3) is 22.5 Å². The second-order valence-corrected chi connectivity index (χ2v) is 10.7. The van der Waals surface area contributed by atoms with E-state index in [2.05, 4.69) is 25.7 Å². The molecule has 10 nitrogen and oxygen atoms in total. The third-order valence-electron chi connectivity index (χ3n) is 7.17. The zero-order chi connectivity index (χ0) is 30.8. The number of benzene rings is 1. The van der Waals surface area contributed by atoms with Crippen molar-refractivity contribution in [2.75, 3.05) is 10.6 Å². The molecule has 0 saturated carbocycles. The summed E-state index contributed by atoms with van der Waals surface area (Å²) >= 11 is 6.05. The second kappa shape index (κ2) is 12.3. The average Bonchev–Trinajstić information content (AvgIpc) is 3.39. The van der Waals surface area contributed by atoms with Crippen LogP contribution in [0.5, 0.6) is 0 Å². The fourth-order valence-corrected chi connectivity index (χ4v) is 5.15. The van der Waals surface area contributed by atoms with E-state index < -0.39 is 29.9 Å². The molecule has 43 heavy (non-hydrogen) atoms. The third kappa shape index (κ3) is 6.12. The molecule has 0 radical (unpaired) electrons. The van der Waals surface area contributed by atoms with Crippen LogP contribution in [0.1, 0.15) is 51.4 Å². The number of allylic oxidation sites excluding steroid dienone is 1. The molecule has 2 unspecified atom stereocenters. The third-order valence-corrected chi connectivity index (χ3v) is 7.47. The summed E-state index contributed by atoms with van der Waals surface area (Å²) in [4.78, 5) is 35.3. The molecule has 5 rings (SSSR count). The van der Waals surface area contributed by atoms with Gasteiger partial charge in [-0.15, -0.1) is 0 Å². The van der Waals surface area contributed by atoms with Crippen LogP contribution in [0.15, 0.2) is 65.7 Å². The lowest BCUT2D eigenvalue weighted by molar-refractivity contribution is -0.119. The van der Waals surface area contributed by atoms with Crippen molar-refractivity contribution in [2.24, 2.45) is 11.7 Å². The monoisotopic (exact) mass is 612 g/mol. The number of aromatic nitrogens is 5. The summed E-state index contributed by atoms with van der Waals surface area (Å²) in [7, 11) is 0. The maximum absolute atomic E-state index is 15.2. The van der Waals surface area contributed by atoms with Gasteiger partial charge in [0.15, 0.2) is 5.82 Å². The highest BCUT2D eigenvalue weighted by molar-refractivity contribution is 6.31. The zero-order valence-electron chi connectivity index (χ0n) is 23.2. The van der Waals surface area contributed by atoms with E-state index in [0.29, 0.717) is 46.6 Å². The van der Waals surface area contributed by atoms with Gasteiger partial charge < -0.3 is 16.4 Å². The fraction of sp³-hybridized carbons (Fsp3) is 0.276. The van der Waals surface area contributed by atoms with E-state index in [1.54, 1.807) is 26.0 Å². The first-order valence-electron chi connectivity index (χ1n) is 13.4. The summed E-state index contributed by atoms with van der Waals surface area (Å²) in [6.07, 6.45) is 6.77. The van der Waals surface area contributed by atoms with Crippen molar-refractivity contribution in [1.82, 2.24) is 24.3 Å². The number of carbonyl (C=O) groups excluding carboxylic acids is 1. The van der Waals surface area contributed by atoms with E-state index in [-0.39, 0.29) is 33.6 Å². The number of nitrogens with one attached hydrogen (secondary N) is 2. The second-order valence-electron chi connectivity index (χ2n) is 10.3. The van der Waals surface area contributed by atoms with E-state index in [1.807, 2.05) is 0 Å². The Hall–Kier alpha value is -4.65. The molecule has 4 aromatic rings. The van der Waals surface area contributed by atoms with E-state index in [9.17, 15) is 18.4 Å². The van der Waals surface area contributed by atoms with Gasteiger partial charge in [-0.1, -0.05) is 24.9 Å². The molecule has 0 aliphatic carbocycles. The minimum absolute atomic E-state index is 0.0116. The average molecular weight is 613 g/mol. The number of hydrogen-bond donors (Lipinski definition) is 3. The molecule has 14 heteroatoms. The molecule has 224 valence electrons. The SMILES string of the molecule is C/C(N)=C/Nc1ccc(Cl)c(F)c1-c1cc(=O)n(C2CCCC(C)C(=O)Nc3cnn(C(F)F)c3-c3ccnc2c3)cn1. The number of hydrogen-bond acceptors (Lipinski definition) is 7. The molecule has 0 spiro atoms. The Labute approximate surface area is 249 Å². The molecule has 1 aliphatic heterocycles. The number of rotatable bonds is 5. The highest BCUT2D eigenvalue weighted by atomic mass is 35.5. The normalized spacial score (nSPS) is 17.6. The number of alkyl halides is 2. The van der Waals surface area contributed by atoms with Gasteiger partial charge in [0.1, 0.15) is 0 Å². The van der Waals surface area contributed by atoms with Crippen LogP contribution in [0.2, 0.25) is 5.02 Å². The van der Waals surface area contributed by atoms with Gasteiger partial charge in [-0.25, -0.2) is 14.1 Å². The number of amides is 1. The molecule has 1 aromatic carbocycles. The van der Waals surface area contributed by atoms with Gasteiger partial charge in [-0.05, 0) is 44.0 Å². The number of fused-ring (bicyclic) bond motifs is 4. The van der Waals surface area contributed by atoms with Gasteiger partial charge in [0.2, 0.25) is 5.91 Å². The van der Waals surface area contributed by atoms with E-state index in [0.717, 1.165) is 0 Å². The summed E-state index contributed by atoms with van der Waals surface area (Å²) in [5.41, 5.74) is 6.87.